The highest BCUT2D eigenvalue weighted by molar-refractivity contribution is 6.33. The van der Waals surface area contributed by atoms with Gasteiger partial charge in [-0.2, -0.15) is 5.10 Å². The van der Waals surface area contributed by atoms with Crippen molar-refractivity contribution in [2.45, 2.75) is 50.5 Å². The minimum absolute atomic E-state index is 0.0532. The molecule has 2 aromatic rings. The summed E-state index contributed by atoms with van der Waals surface area (Å²) in [5.41, 5.74) is -0.00378. The number of carbonyl (C=O) groups excluding carboxylic acids is 1. The maximum absolute atomic E-state index is 13.3. The van der Waals surface area contributed by atoms with Crippen molar-refractivity contribution >= 4 is 28.9 Å². The second-order valence-electron chi connectivity index (χ2n) is 9.65. The van der Waals surface area contributed by atoms with Crippen LogP contribution in [0.4, 0.5) is 11.4 Å². The molecule has 1 heterocycles. The van der Waals surface area contributed by atoms with Crippen molar-refractivity contribution in [2.24, 2.45) is 17.3 Å². The lowest BCUT2D eigenvalue weighted by Crippen LogP contribution is -2.60. The summed E-state index contributed by atoms with van der Waals surface area (Å²) in [6.07, 6.45) is 6.87. The Morgan fingerprint density at radius 3 is 2.65 bits per heavy atom. The number of methoxy groups -OCH3 is 1. The van der Waals surface area contributed by atoms with E-state index in [2.05, 4.69) is 10.4 Å². The van der Waals surface area contributed by atoms with Crippen molar-refractivity contribution in [1.82, 2.24) is 9.78 Å². The van der Waals surface area contributed by atoms with Gasteiger partial charge >= 0.3 is 0 Å². The lowest BCUT2D eigenvalue weighted by molar-refractivity contribution is -0.310. The minimum atomic E-state index is -1.01. The van der Waals surface area contributed by atoms with Gasteiger partial charge in [-0.1, -0.05) is 23.7 Å². The fourth-order valence-corrected chi connectivity index (χ4v) is 7.09. The number of aliphatic carboxylic acids is 1. The first-order chi connectivity index (χ1) is 14.8. The van der Waals surface area contributed by atoms with Crippen LogP contribution in [0.5, 0.6) is 5.75 Å². The first-order valence-electron chi connectivity index (χ1n) is 10.7. The topological polar surface area (TPSA) is 96.3 Å². The van der Waals surface area contributed by atoms with Crippen LogP contribution in [0.15, 0.2) is 35.3 Å². The Labute approximate surface area is 185 Å². The Kier molecular flexibility index (Phi) is 4.77. The third-order valence-corrected chi connectivity index (χ3v) is 7.78. The molecule has 164 valence electrons. The predicted molar refractivity (Wildman–Crippen MR) is 114 cm³/mol. The molecule has 0 spiro atoms. The average molecular weight is 443 g/mol. The number of carboxylic acid groups (broad SMARTS) is 1. The van der Waals surface area contributed by atoms with Crippen LogP contribution >= 0.6 is 11.6 Å². The molecular weight excluding hydrogens is 418 g/mol. The summed E-state index contributed by atoms with van der Waals surface area (Å²) in [7, 11) is 1.58. The Bertz CT molecular complexity index is 1080. The number of carbonyl (C=O) groups is 1. The third-order valence-electron chi connectivity index (χ3n) is 7.42. The maximum Gasteiger partial charge on any atom is 0.288 e. The van der Waals surface area contributed by atoms with Gasteiger partial charge in [-0.25, -0.2) is 4.68 Å². The lowest BCUT2D eigenvalue weighted by Gasteiger charge is -2.62. The van der Waals surface area contributed by atoms with E-state index < -0.39 is 11.5 Å². The van der Waals surface area contributed by atoms with E-state index in [0.717, 1.165) is 32.1 Å². The number of aromatic nitrogens is 2. The molecule has 4 aliphatic rings. The van der Waals surface area contributed by atoms with Gasteiger partial charge in [0.15, 0.2) is 0 Å². The predicted octanol–water partition coefficient (Wildman–Crippen LogP) is 3.08. The van der Waals surface area contributed by atoms with E-state index in [1.165, 1.54) is 0 Å². The smallest absolute Gasteiger partial charge is 0.288 e. The second-order valence-corrected chi connectivity index (χ2v) is 10.0. The number of halogens is 1. The number of hydrogen-bond acceptors (Lipinski definition) is 6. The molecule has 0 radical (unpaired) electrons. The monoisotopic (exact) mass is 442 g/mol. The Morgan fingerprint density at radius 1 is 1.26 bits per heavy atom. The molecule has 8 heteroatoms. The maximum atomic E-state index is 13.3. The summed E-state index contributed by atoms with van der Waals surface area (Å²) < 4.78 is 6.90. The molecule has 0 saturated heterocycles. The van der Waals surface area contributed by atoms with Crippen LogP contribution in [0.1, 0.15) is 44.9 Å². The van der Waals surface area contributed by atoms with Crippen LogP contribution in [0, 0.1) is 17.3 Å². The first kappa shape index (κ1) is 20.4. The Morgan fingerprint density at radius 2 is 1.97 bits per heavy atom. The molecular formula is C23H25ClN3O4-. The number of para-hydroxylation sites is 2. The third kappa shape index (κ3) is 3.39. The second kappa shape index (κ2) is 7.26. The van der Waals surface area contributed by atoms with Crippen LogP contribution in [-0.2, 0) is 10.3 Å². The van der Waals surface area contributed by atoms with Crippen molar-refractivity contribution in [2.75, 3.05) is 12.4 Å². The van der Waals surface area contributed by atoms with Crippen LogP contribution in [0.25, 0.3) is 0 Å². The molecule has 1 N–H and O–H groups in total. The number of anilines is 2. The lowest BCUT2D eigenvalue weighted by atomic mass is 9.46. The zero-order valence-corrected chi connectivity index (χ0v) is 18.2. The summed E-state index contributed by atoms with van der Waals surface area (Å²) in [5, 5.41) is 19.2. The standard InChI is InChI=1S/C23H26ClN3O4/c1-31-18-5-3-2-4-16(18)26-17-12-25-27(21(30)20(17)24)23-9-14-6-15(10-23)8-22(7-14,13-23)11-19(28)29/h2-5,12,14-15,26H,6-11,13H2,1H3,(H,28,29)/p-1/t14-,15+,22?,23?. The van der Waals surface area contributed by atoms with Gasteiger partial charge in [-0.3, -0.25) is 4.79 Å². The highest BCUT2D eigenvalue weighted by Crippen LogP contribution is 2.64. The van der Waals surface area contributed by atoms with Crippen LogP contribution in [0.3, 0.4) is 0 Å². The number of benzene rings is 1. The van der Waals surface area contributed by atoms with E-state index in [-0.39, 0.29) is 22.4 Å². The van der Waals surface area contributed by atoms with E-state index in [1.807, 2.05) is 24.3 Å². The van der Waals surface area contributed by atoms with E-state index in [4.69, 9.17) is 16.3 Å². The van der Waals surface area contributed by atoms with Gasteiger partial charge in [0.2, 0.25) is 0 Å². The number of hydrogen-bond donors (Lipinski definition) is 1. The molecule has 4 saturated carbocycles. The summed E-state index contributed by atoms with van der Waals surface area (Å²) in [4.78, 5) is 24.8. The quantitative estimate of drug-likeness (QED) is 0.738. The molecule has 6 rings (SSSR count). The molecule has 4 atom stereocenters. The molecule has 31 heavy (non-hydrogen) atoms. The van der Waals surface area contributed by atoms with Gasteiger partial charge < -0.3 is 20.0 Å². The van der Waals surface area contributed by atoms with Gasteiger partial charge in [0, 0.05) is 5.97 Å². The van der Waals surface area contributed by atoms with Crippen molar-refractivity contribution < 1.29 is 14.6 Å². The van der Waals surface area contributed by atoms with Crippen LogP contribution < -0.4 is 20.7 Å². The number of rotatable bonds is 6. The van der Waals surface area contributed by atoms with Crippen LogP contribution in [-0.4, -0.2) is 22.9 Å². The van der Waals surface area contributed by atoms with Gasteiger partial charge in [0.25, 0.3) is 5.56 Å². The van der Waals surface area contributed by atoms with Crippen molar-refractivity contribution in [3.63, 3.8) is 0 Å². The van der Waals surface area contributed by atoms with E-state index in [9.17, 15) is 14.7 Å². The number of nitrogens with zero attached hydrogens (tertiary/aromatic N) is 2. The molecule has 0 amide bonds. The molecule has 4 bridgehead atoms. The number of nitrogens with one attached hydrogen (secondary N) is 1. The van der Waals surface area contributed by atoms with E-state index in [1.54, 1.807) is 18.0 Å². The molecule has 4 fully saturated rings. The van der Waals surface area contributed by atoms with Crippen molar-refractivity contribution in [3.8, 4) is 5.75 Å². The molecule has 1 aromatic heterocycles. The minimum Gasteiger partial charge on any atom is -0.550 e. The fourth-order valence-electron chi connectivity index (χ4n) is 6.91. The summed E-state index contributed by atoms with van der Waals surface area (Å²) in [6, 6.07) is 7.37. The average Bonchev–Trinajstić information content (AvgIpc) is 2.69. The Balaban J connectivity index is 1.51. The summed E-state index contributed by atoms with van der Waals surface area (Å²) in [5.74, 6) is 0.457. The van der Waals surface area contributed by atoms with Gasteiger partial charge in [-0.15, -0.1) is 0 Å². The fraction of sp³-hybridized carbons (Fsp3) is 0.522. The number of carboxylic acids is 1. The van der Waals surface area contributed by atoms with Crippen LogP contribution in [0.2, 0.25) is 5.02 Å². The highest BCUT2D eigenvalue weighted by atomic mass is 35.5. The van der Waals surface area contributed by atoms with Gasteiger partial charge in [0.05, 0.1) is 30.2 Å². The normalized spacial score (nSPS) is 30.9. The zero-order chi connectivity index (χ0) is 21.8. The SMILES string of the molecule is COc1ccccc1Nc1cnn(C23C[C@@H]4C[C@@H](CC(CC(=O)[O-])(C4)C2)C3)c(=O)c1Cl. The van der Waals surface area contributed by atoms with E-state index in [0.29, 0.717) is 35.4 Å². The molecule has 7 nitrogen and oxygen atoms in total. The number of ether oxygens (including phenoxy) is 1. The van der Waals surface area contributed by atoms with Crippen molar-refractivity contribution in [3.05, 3.63) is 45.8 Å². The van der Waals surface area contributed by atoms with Gasteiger partial charge in [0.1, 0.15) is 10.8 Å². The molecule has 1 aromatic carbocycles. The molecule has 2 unspecified atom stereocenters. The van der Waals surface area contributed by atoms with E-state index >= 15 is 0 Å². The molecule has 0 aliphatic heterocycles. The Hall–Kier alpha value is -2.54. The van der Waals surface area contributed by atoms with Crippen molar-refractivity contribution in [1.29, 1.82) is 0 Å². The summed E-state index contributed by atoms with van der Waals surface area (Å²) in [6.45, 7) is 0. The first-order valence-corrected chi connectivity index (χ1v) is 11.1. The highest BCUT2D eigenvalue weighted by Gasteiger charge is 2.59. The largest absolute Gasteiger partial charge is 0.550 e. The zero-order valence-electron chi connectivity index (χ0n) is 17.4. The summed E-state index contributed by atoms with van der Waals surface area (Å²) >= 11 is 6.52. The molecule has 4 aliphatic carbocycles. The van der Waals surface area contributed by atoms with Gasteiger partial charge in [-0.05, 0) is 74.3 Å².